The van der Waals surface area contributed by atoms with E-state index in [1.807, 2.05) is 68.3 Å². The van der Waals surface area contributed by atoms with Crippen molar-refractivity contribution in [1.82, 2.24) is 4.90 Å². The van der Waals surface area contributed by atoms with Crippen molar-refractivity contribution >= 4 is 34.9 Å². The number of aliphatic hydroxyl groups excluding tert-OH is 2. The number of carbonyl (C=O) groups excluding carboxylic acids is 5. The zero-order valence-corrected chi connectivity index (χ0v) is 44.9. The zero-order valence-electron chi connectivity index (χ0n) is 44.9. The van der Waals surface area contributed by atoms with E-state index in [1.165, 1.54) is 12.0 Å². The number of carbonyl (C=O) groups is 5. The van der Waals surface area contributed by atoms with Crippen molar-refractivity contribution in [2.45, 2.75) is 192 Å². The summed E-state index contributed by atoms with van der Waals surface area (Å²) in [5.41, 5.74) is 2.00. The van der Waals surface area contributed by atoms with Gasteiger partial charge in [-0.05, 0) is 125 Å². The number of allylic oxidation sites excluding steroid dienone is 1. The number of amides is 1. The van der Waals surface area contributed by atoms with Crippen molar-refractivity contribution in [3.63, 3.8) is 0 Å². The average molecular weight is 1020 g/mol. The van der Waals surface area contributed by atoms with Crippen molar-refractivity contribution in [1.29, 1.82) is 0 Å². The van der Waals surface area contributed by atoms with E-state index >= 15 is 0 Å². The summed E-state index contributed by atoms with van der Waals surface area (Å²) in [7, 11) is 4.53. The molecule has 0 aromatic heterocycles. The number of ketones is 3. The van der Waals surface area contributed by atoms with Gasteiger partial charge in [-0.2, -0.15) is 0 Å². The summed E-state index contributed by atoms with van der Waals surface area (Å²) in [6.45, 7) is 12.8. The number of methoxy groups -OCH3 is 3. The molecular weight excluding hydrogens is 937 g/mol. The standard InChI is InChI=1S/C57H84N2O14/c1-33-26-37(5)51(62)53(70-10)52(63)38(6)27-34(2)47(61)32-49(35(3)28-40-20-24-46(60)50(30-40)69-9)71-56(66)45-18-14-15-25-58(45)55(65)54(64)57(67)39(7)19-21-42(72-57)31-48(68-8)36(4)29-43-22-23-44(33)59(73-43)41-16-12-11-13-17-41/h11-13,16-17,22-23,27,29,33-35,37,39-40,42-46,48-50,52-53,60,63,67H,14-15,18-21,24-26,28,30-32H2,1-10H3/b36-29+,38-27+. The highest BCUT2D eigenvalue weighted by atomic mass is 16.7. The summed E-state index contributed by atoms with van der Waals surface area (Å²) in [4.78, 5) is 79.7. The fourth-order valence-electron chi connectivity index (χ4n) is 11.8. The molecule has 5 heterocycles. The van der Waals surface area contributed by atoms with Gasteiger partial charge in [0.2, 0.25) is 5.79 Å². The fraction of sp³-hybridized carbons (Fsp3) is 0.702. The molecule has 1 saturated carbocycles. The Balaban J connectivity index is 1.35. The first-order chi connectivity index (χ1) is 34.7. The first kappa shape index (κ1) is 58.1. The molecule has 1 amide bonds. The van der Waals surface area contributed by atoms with Crippen LogP contribution in [0.15, 0.2) is 65.8 Å². The number of para-hydroxylation sites is 1. The van der Waals surface area contributed by atoms with Gasteiger partial charge in [-0.25, -0.2) is 9.86 Å². The molecule has 3 N–H and O–H groups in total. The van der Waals surface area contributed by atoms with Crippen LogP contribution in [0.5, 0.6) is 0 Å². The third kappa shape index (κ3) is 14.0. The van der Waals surface area contributed by atoms with Crippen molar-refractivity contribution in [2.75, 3.05) is 32.9 Å². The maximum absolute atomic E-state index is 14.5. The minimum atomic E-state index is -2.47. The summed E-state index contributed by atoms with van der Waals surface area (Å²) in [5.74, 6) is -8.42. The van der Waals surface area contributed by atoms with E-state index in [-0.39, 0.29) is 67.3 Å². The highest BCUT2D eigenvalue weighted by Crippen LogP contribution is 2.39. The molecule has 17 atom stereocenters. The van der Waals surface area contributed by atoms with Gasteiger partial charge >= 0.3 is 5.97 Å². The van der Waals surface area contributed by atoms with Crippen molar-refractivity contribution in [3.05, 3.63) is 65.8 Å². The number of nitrogens with zero attached hydrogens (tertiary/aromatic N) is 2. The lowest BCUT2D eigenvalue weighted by atomic mass is 9.78. The maximum Gasteiger partial charge on any atom is 0.329 e. The summed E-state index contributed by atoms with van der Waals surface area (Å²) >= 11 is 0. The number of piperidine rings is 1. The van der Waals surface area contributed by atoms with Gasteiger partial charge in [0.1, 0.15) is 36.2 Å². The fourth-order valence-corrected chi connectivity index (χ4v) is 11.8. The Morgan fingerprint density at radius 1 is 0.822 bits per heavy atom. The molecule has 2 saturated heterocycles. The molecule has 73 heavy (non-hydrogen) atoms. The third-order valence-electron chi connectivity index (χ3n) is 16.5. The normalized spacial score (nSPS) is 39.2. The van der Waals surface area contributed by atoms with Crippen LogP contribution in [0.4, 0.5) is 5.69 Å². The minimum Gasteiger partial charge on any atom is -0.460 e. The predicted octanol–water partition coefficient (Wildman–Crippen LogP) is 6.81. The molecule has 1 aromatic rings. The zero-order chi connectivity index (χ0) is 53.3. The topological polar surface area (TPSA) is 208 Å². The van der Waals surface area contributed by atoms with Gasteiger partial charge in [0.05, 0.1) is 36.1 Å². The van der Waals surface area contributed by atoms with Crippen LogP contribution in [0.2, 0.25) is 0 Å². The number of hydrogen-bond acceptors (Lipinski definition) is 15. The number of hydroxylamine groups is 1. The predicted molar refractivity (Wildman–Crippen MR) is 274 cm³/mol. The van der Waals surface area contributed by atoms with E-state index in [0.717, 1.165) is 11.3 Å². The molecule has 0 radical (unpaired) electrons. The van der Waals surface area contributed by atoms with Gasteiger partial charge in [0.15, 0.2) is 5.78 Å². The molecular formula is C57H84N2O14. The molecule has 7 rings (SSSR count). The number of ether oxygens (including phenoxy) is 5. The Morgan fingerprint density at radius 3 is 2.23 bits per heavy atom. The van der Waals surface area contributed by atoms with Crippen molar-refractivity contribution in [3.8, 4) is 0 Å². The molecule has 406 valence electrons. The van der Waals surface area contributed by atoms with Gasteiger partial charge < -0.3 is 43.9 Å². The molecule has 4 bridgehead atoms. The maximum atomic E-state index is 14.5. The SMILES string of the molecule is COC1CC2CCC(C)C(O)(O2)C(=O)C(=O)N2CCCCC2C(=O)OC(C(C)CC2CCC(O)C(OC)C2)CC(=O)C(C)/C=C(\C)C(O)C(OC)C(=O)C(C)CC(C)C2C=CC(/C=C/1C)ON2c1ccccc1. The van der Waals surface area contributed by atoms with Crippen LogP contribution in [-0.2, 0) is 52.5 Å². The average Bonchev–Trinajstić information content (AvgIpc) is 3.38. The van der Waals surface area contributed by atoms with E-state index < -0.39 is 90.0 Å². The molecule has 5 aliphatic heterocycles. The van der Waals surface area contributed by atoms with E-state index in [9.17, 15) is 39.3 Å². The second kappa shape index (κ2) is 26.1. The molecule has 1 aliphatic carbocycles. The molecule has 16 heteroatoms. The summed E-state index contributed by atoms with van der Waals surface area (Å²) in [6.07, 6.45) is 6.48. The van der Waals surface area contributed by atoms with Gasteiger partial charge in [-0.15, -0.1) is 0 Å². The number of hydrogen-bond donors (Lipinski definition) is 3. The largest absolute Gasteiger partial charge is 0.460 e. The van der Waals surface area contributed by atoms with Crippen LogP contribution in [0.25, 0.3) is 0 Å². The Bertz CT molecular complexity index is 2150. The first-order valence-corrected chi connectivity index (χ1v) is 26.7. The number of fused-ring (bicyclic) bond motifs is 16. The lowest BCUT2D eigenvalue weighted by molar-refractivity contribution is -0.265. The van der Waals surface area contributed by atoms with Crippen LogP contribution in [-0.4, -0.2) is 144 Å². The highest BCUT2D eigenvalue weighted by Gasteiger charge is 2.53. The lowest BCUT2D eigenvalue weighted by Gasteiger charge is -2.43. The van der Waals surface area contributed by atoms with Crippen LogP contribution < -0.4 is 5.06 Å². The molecule has 6 aliphatic rings. The number of aliphatic hydroxyl groups is 3. The van der Waals surface area contributed by atoms with Gasteiger partial charge in [-0.3, -0.25) is 24.0 Å². The lowest BCUT2D eigenvalue weighted by Crippen LogP contribution is -2.61. The Kier molecular flexibility index (Phi) is 20.8. The number of rotatable bonds is 7. The van der Waals surface area contributed by atoms with E-state index in [1.54, 1.807) is 41.1 Å². The van der Waals surface area contributed by atoms with Crippen LogP contribution in [0.1, 0.15) is 126 Å². The minimum absolute atomic E-state index is 0.0716. The van der Waals surface area contributed by atoms with Gasteiger partial charge in [0.25, 0.3) is 11.7 Å². The van der Waals surface area contributed by atoms with E-state index in [0.29, 0.717) is 63.4 Å². The van der Waals surface area contributed by atoms with E-state index in [4.69, 9.17) is 28.5 Å². The molecule has 0 spiro atoms. The Hall–Kier alpha value is -4.13. The molecule has 1 aromatic carbocycles. The van der Waals surface area contributed by atoms with Crippen LogP contribution in [0.3, 0.4) is 0 Å². The summed E-state index contributed by atoms with van der Waals surface area (Å²) in [6, 6.07) is 8.24. The van der Waals surface area contributed by atoms with Gasteiger partial charge in [0, 0.05) is 58.5 Å². The number of benzene rings is 1. The van der Waals surface area contributed by atoms with Crippen molar-refractivity contribution < 1.29 is 67.8 Å². The Morgan fingerprint density at radius 2 is 1.55 bits per heavy atom. The van der Waals surface area contributed by atoms with Crippen molar-refractivity contribution in [2.24, 2.45) is 35.5 Å². The summed E-state index contributed by atoms with van der Waals surface area (Å²) < 4.78 is 29.9. The van der Waals surface area contributed by atoms with Crippen LogP contribution >= 0.6 is 0 Å². The summed E-state index contributed by atoms with van der Waals surface area (Å²) in [5, 5.41) is 36.2. The number of esters is 1. The quantitative estimate of drug-likeness (QED) is 0.146. The second-order valence-corrected chi connectivity index (χ2v) is 21.9. The monoisotopic (exact) mass is 1020 g/mol. The van der Waals surface area contributed by atoms with Gasteiger partial charge in [-0.1, -0.05) is 71.0 Å². The number of Topliss-reactive ketones (excluding diaryl/α,β-unsaturated/α-hetero) is 3. The number of anilines is 1. The highest BCUT2D eigenvalue weighted by molar-refractivity contribution is 6.39. The molecule has 17 unspecified atom stereocenters. The smallest absolute Gasteiger partial charge is 0.329 e. The van der Waals surface area contributed by atoms with Crippen LogP contribution in [0, 0.1) is 35.5 Å². The second-order valence-electron chi connectivity index (χ2n) is 21.9. The van der Waals surface area contributed by atoms with E-state index in [2.05, 4.69) is 13.0 Å². The molecule has 16 nitrogen and oxygen atoms in total. The Labute approximate surface area is 432 Å². The third-order valence-corrected chi connectivity index (χ3v) is 16.5. The molecule has 3 fully saturated rings. The first-order valence-electron chi connectivity index (χ1n) is 26.7.